The van der Waals surface area contributed by atoms with E-state index in [-0.39, 0.29) is 0 Å². The van der Waals surface area contributed by atoms with Gasteiger partial charge in [0, 0.05) is 23.8 Å². The predicted octanol–water partition coefficient (Wildman–Crippen LogP) is 4.56. The molecule has 2 aromatic rings. The second-order valence-electron chi connectivity index (χ2n) is 5.95. The van der Waals surface area contributed by atoms with E-state index in [2.05, 4.69) is 70.3 Å². The average Bonchev–Trinajstić information content (AvgIpc) is 2.48. The maximum absolute atomic E-state index is 4.81. The molecule has 2 nitrogen and oxygen atoms in total. The zero-order valence-electron chi connectivity index (χ0n) is 13.8. The van der Waals surface area contributed by atoms with Gasteiger partial charge in [-0.2, -0.15) is 0 Å². The minimum Gasteiger partial charge on any atom is -0.310 e. The number of nitrogens with one attached hydrogen (secondary N) is 1. The molecule has 0 saturated carbocycles. The lowest BCUT2D eigenvalue weighted by Crippen LogP contribution is -2.24. The van der Waals surface area contributed by atoms with Crippen LogP contribution >= 0.6 is 0 Å². The quantitative estimate of drug-likeness (QED) is 0.869. The van der Waals surface area contributed by atoms with Crippen LogP contribution in [-0.4, -0.2) is 11.0 Å². The summed E-state index contributed by atoms with van der Waals surface area (Å²) in [5, 5.41) is 3.53. The topological polar surface area (TPSA) is 24.9 Å². The van der Waals surface area contributed by atoms with Crippen molar-refractivity contribution in [3.05, 3.63) is 52.7 Å². The second kappa shape index (κ2) is 6.86. The molecule has 0 aliphatic heterocycles. The van der Waals surface area contributed by atoms with Crippen LogP contribution in [0.1, 0.15) is 42.7 Å². The standard InChI is InChI=1S/C19H26N2/c1-6-15(4)20-12-17-9-10-19(21-16(17)5)18-11-13(2)7-8-14(18)3/h7-11,15,20H,6,12H2,1-5H3. The molecule has 0 amide bonds. The lowest BCUT2D eigenvalue weighted by Gasteiger charge is -2.14. The van der Waals surface area contributed by atoms with Gasteiger partial charge >= 0.3 is 0 Å². The van der Waals surface area contributed by atoms with Gasteiger partial charge in [-0.3, -0.25) is 4.98 Å². The number of benzene rings is 1. The van der Waals surface area contributed by atoms with Crippen LogP contribution < -0.4 is 5.32 Å². The zero-order chi connectivity index (χ0) is 15.4. The fraction of sp³-hybridized carbons (Fsp3) is 0.421. The van der Waals surface area contributed by atoms with Gasteiger partial charge in [-0.25, -0.2) is 0 Å². The summed E-state index contributed by atoms with van der Waals surface area (Å²) >= 11 is 0. The highest BCUT2D eigenvalue weighted by Gasteiger charge is 2.07. The Kier molecular flexibility index (Phi) is 5.13. The summed E-state index contributed by atoms with van der Waals surface area (Å²) in [6.07, 6.45) is 1.15. The highest BCUT2D eigenvalue weighted by atomic mass is 14.9. The third-order valence-electron chi connectivity index (χ3n) is 4.12. The molecule has 1 aromatic heterocycles. The van der Waals surface area contributed by atoms with Crippen molar-refractivity contribution in [2.45, 2.75) is 53.6 Å². The van der Waals surface area contributed by atoms with E-state index in [1.165, 1.54) is 22.3 Å². The van der Waals surface area contributed by atoms with Crippen molar-refractivity contribution in [3.63, 3.8) is 0 Å². The number of pyridine rings is 1. The fourth-order valence-electron chi connectivity index (χ4n) is 2.37. The van der Waals surface area contributed by atoms with Crippen LogP contribution in [0.5, 0.6) is 0 Å². The third kappa shape index (κ3) is 3.92. The minimum absolute atomic E-state index is 0.545. The molecule has 0 saturated heterocycles. The van der Waals surface area contributed by atoms with Crippen LogP contribution in [0.4, 0.5) is 0 Å². The van der Waals surface area contributed by atoms with Gasteiger partial charge in [-0.15, -0.1) is 0 Å². The van der Waals surface area contributed by atoms with Crippen LogP contribution in [-0.2, 0) is 6.54 Å². The van der Waals surface area contributed by atoms with Crippen LogP contribution in [0.15, 0.2) is 30.3 Å². The maximum atomic E-state index is 4.81. The van der Waals surface area contributed by atoms with Crippen molar-refractivity contribution in [2.75, 3.05) is 0 Å². The lowest BCUT2D eigenvalue weighted by atomic mass is 10.0. The Hall–Kier alpha value is -1.67. The lowest BCUT2D eigenvalue weighted by molar-refractivity contribution is 0.532. The Morgan fingerprint density at radius 1 is 1.10 bits per heavy atom. The number of aromatic nitrogens is 1. The molecule has 2 rings (SSSR count). The Morgan fingerprint density at radius 3 is 2.52 bits per heavy atom. The van der Waals surface area contributed by atoms with Crippen LogP contribution in [0.3, 0.4) is 0 Å². The normalized spacial score (nSPS) is 12.4. The molecule has 1 heterocycles. The summed E-state index contributed by atoms with van der Waals surface area (Å²) in [7, 11) is 0. The van der Waals surface area contributed by atoms with E-state index in [0.717, 1.165) is 24.4 Å². The SMILES string of the molecule is CCC(C)NCc1ccc(-c2cc(C)ccc2C)nc1C. The van der Waals surface area contributed by atoms with Gasteiger partial charge in [0.05, 0.1) is 5.69 Å². The number of nitrogens with zero attached hydrogens (tertiary/aromatic N) is 1. The van der Waals surface area contributed by atoms with Crippen molar-refractivity contribution in [2.24, 2.45) is 0 Å². The first-order chi connectivity index (χ1) is 10.0. The molecule has 1 aromatic carbocycles. The predicted molar refractivity (Wildman–Crippen MR) is 90.5 cm³/mol. The van der Waals surface area contributed by atoms with Gasteiger partial charge in [-0.05, 0) is 57.4 Å². The summed E-state index contributed by atoms with van der Waals surface area (Å²) in [5.41, 5.74) is 7.25. The Balaban J connectivity index is 2.24. The molecule has 0 spiro atoms. The molecule has 0 bridgehead atoms. The molecule has 21 heavy (non-hydrogen) atoms. The van der Waals surface area contributed by atoms with Gasteiger partial charge < -0.3 is 5.32 Å². The minimum atomic E-state index is 0.545. The fourth-order valence-corrected chi connectivity index (χ4v) is 2.37. The first kappa shape index (κ1) is 15.7. The van der Waals surface area contributed by atoms with E-state index in [0.29, 0.717) is 6.04 Å². The molecule has 1 N–H and O–H groups in total. The van der Waals surface area contributed by atoms with E-state index in [1.807, 2.05) is 0 Å². The molecule has 0 aliphatic carbocycles. The Bertz CT molecular complexity index is 617. The van der Waals surface area contributed by atoms with E-state index < -0.39 is 0 Å². The summed E-state index contributed by atoms with van der Waals surface area (Å²) in [6.45, 7) is 11.7. The van der Waals surface area contributed by atoms with Gasteiger partial charge in [0.25, 0.3) is 0 Å². The second-order valence-corrected chi connectivity index (χ2v) is 5.95. The summed E-state index contributed by atoms with van der Waals surface area (Å²) in [6, 6.07) is 11.4. The average molecular weight is 282 g/mol. The van der Waals surface area contributed by atoms with E-state index in [1.54, 1.807) is 0 Å². The summed E-state index contributed by atoms with van der Waals surface area (Å²) in [4.78, 5) is 4.81. The highest BCUT2D eigenvalue weighted by Crippen LogP contribution is 2.24. The Labute approximate surface area is 128 Å². The van der Waals surface area contributed by atoms with E-state index in [4.69, 9.17) is 4.98 Å². The zero-order valence-corrected chi connectivity index (χ0v) is 13.8. The molecule has 1 atom stereocenters. The van der Waals surface area contributed by atoms with Gasteiger partial charge in [0.15, 0.2) is 0 Å². The summed E-state index contributed by atoms with van der Waals surface area (Å²) < 4.78 is 0. The molecule has 112 valence electrons. The van der Waals surface area contributed by atoms with Gasteiger partial charge in [0.2, 0.25) is 0 Å². The van der Waals surface area contributed by atoms with E-state index >= 15 is 0 Å². The third-order valence-corrected chi connectivity index (χ3v) is 4.12. The van der Waals surface area contributed by atoms with Gasteiger partial charge in [-0.1, -0.05) is 30.7 Å². The van der Waals surface area contributed by atoms with Crippen LogP contribution in [0.25, 0.3) is 11.3 Å². The first-order valence-corrected chi connectivity index (χ1v) is 7.78. The summed E-state index contributed by atoms with van der Waals surface area (Å²) in [5.74, 6) is 0. The van der Waals surface area contributed by atoms with Crippen LogP contribution in [0, 0.1) is 20.8 Å². The van der Waals surface area contributed by atoms with Gasteiger partial charge in [0.1, 0.15) is 0 Å². The molecule has 0 radical (unpaired) electrons. The van der Waals surface area contributed by atoms with Crippen molar-refractivity contribution >= 4 is 0 Å². The highest BCUT2D eigenvalue weighted by molar-refractivity contribution is 5.64. The van der Waals surface area contributed by atoms with Crippen molar-refractivity contribution in [1.82, 2.24) is 10.3 Å². The molecule has 0 fully saturated rings. The maximum Gasteiger partial charge on any atom is 0.0708 e. The first-order valence-electron chi connectivity index (χ1n) is 7.78. The van der Waals surface area contributed by atoms with Crippen LogP contribution in [0.2, 0.25) is 0 Å². The molecular formula is C19H26N2. The molecule has 0 aliphatic rings. The number of rotatable bonds is 5. The number of aryl methyl sites for hydroxylation is 3. The smallest absolute Gasteiger partial charge is 0.0708 e. The molecular weight excluding hydrogens is 256 g/mol. The number of hydrogen-bond acceptors (Lipinski definition) is 2. The Morgan fingerprint density at radius 2 is 1.86 bits per heavy atom. The monoisotopic (exact) mass is 282 g/mol. The molecule has 2 heteroatoms. The van der Waals surface area contributed by atoms with E-state index in [9.17, 15) is 0 Å². The van der Waals surface area contributed by atoms with Crippen molar-refractivity contribution in [1.29, 1.82) is 0 Å². The largest absolute Gasteiger partial charge is 0.310 e. The number of hydrogen-bond donors (Lipinski definition) is 1. The van der Waals surface area contributed by atoms with Crippen molar-refractivity contribution in [3.8, 4) is 11.3 Å². The molecule has 1 unspecified atom stereocenters. The van der Waals surface area contributed by atoms with Crippen molar-refractivity contribution < 1.29 is 0 Å².